The molecule has 1 aromatic heterocycles. The second-order valence-corrected chi connectivity index (χ2v) is 3.37. The van der Waals surface area contributed by atoms with Crippen LogP contribution in [0.1, 0.15) is 23.4 Å². The maximum absolute atomic E-state index is 12.3. The van der Waals surface area contributed by atoms with Crippen molar-refractivity contribution in [2.24, 2.45) is 0 Å². The van der Waals surface area contributed by atoms with Crippen LogP contribution >= 0.6 is 15.9 Å². The Morgan fingerprint density at radius 1 is 1.42 bits per heavy atom. The van der Waals surface area contributed by atoms with E-state index in [-0.39, 0.29) is 5.69 Å². The SMILES string of the molecule is Cc1cc(C)c(Br)c(C(F)F)n1. The van der Waals surface area contributed by atoms with Crippen LogP contribution in [0.15, 0.2) is 10.5 Å². The molecule has 0 bridgehead atoms. The number of nitrogens with zero attached hydrogens (tertiary/aromatic N) is 1. The molecule has 12 heavy (non-hydrogen) atoms. The number of alkyl halides is 2. The Labute approximate surface area is 77.9 Å². The minimum absolute atomic E-state index is 0.174. The molecule has 0 saturated heterocycles. The number of hydrogen-bond donors (Lipinski definition) is 0. The van der Waals surface area contributed by atoms with Gasteiger partial charge in [-0.05, 0) is 41.4 Å². The van der Waals surface area contributed by atoms with Gasteiger partial charge in [0.05, 0.1) is 0 Å². The Bertz CT molecular complexity index is 299. The summed E-state index contributed by atoms with van der Waals surface area (Å²) in [6.45, 7) is 3.47. The summed E-state index contributed by atoms with van der Waals surface area (Å²) < 4.78 is 25.0. The number of aromatic nitrogens is 1. The van der Waals surface area contributed by atoms with E-state index in [9.17, 15) is 8.78 Å². The molecule has 0 aliphatic carbocycles. The molecule has 0 saturated carbocycles. The van der Waals surface area contributed by atoms with E-state index in [2.05, 4.69) is 20.9 Å². The zero-order valence-electron chi connectivity index (χ0n) is 6.74. The van der Waals surface area contributed by atoms with E-state index in [1.54, 1.807) is 19.9 Å². The van der Waals surface area contributed by atoms with Crippen molar-refractivity contribution >= 4 is 15.9 Å². The van der Waals surface area contributed by atoms with E-state index < -0.39 is 6.43 Å². The normalized spacial score (nSPS) is 10.8. The second-order valence-electron chi connectivity index (χ2n) is 2.58. The Morgan fingerprint density at radius 3 is 2.50 bits per heavy atom. The highest BCUT2D eigenvalue weighted by molar-refractivity contribution is 9.10. The summed E-state index contributed by atoms with van der Waals surface area (Å²) in [6.07, 6.45) is -2.52. The minimum atomic E-state index is -2.52. The van der Waals surface area contributed by atoms with Crippen molar-refractivity contribution in [1.29, 1.82) is 0 Å². The van der Waals surface area contributed by atoms with E-state index in [1.165, 1.54) is 0 Å². The number of rotatable bonds is 1. The third-order valence-electron chi connectivity index (χ3n) is 1.50. The van der Waals surface area contributed by atoms with Crippen LogP contribution in [0.4, 0.5) is 8.78 Å². The fourth-order valence-electron chi connectivity index (χ4n) is 0.995. The largest absolute Gasteiger partial charge is 0.281 e. The van der Waals surface area contributed by atoms with E-state index in [4.69, 9.17) is 0 Å². The molecular formula is C8H8BrF2N. The highest BCUT2D eigenvalue weighted by Crippen LogP contribution is 2.28. The summed E-state index contributed by atoms with van der Waals surface area (Å²) >= 11 is 3.07. The molecule has 0 aliphatic heterocycles. The van der Waals surface area contributed by atoms with Gasteiger partial charge in [-0.1, -0.05) is 0 Å². The maximum Gasteiger partial charge on any atom is 0.281 e. The van der Waals surface area contributed by atoms with Crippen LogP contribution in [-0.2, 0) is 0 Å². The van der Waals surface area contributed by atoms with Crippen molar-refractivity contribution < 1.29 is 8.78 Å². The predicted molar refractivity (Wildman–Crippen MR) is 46.4 cm³/mol. The fraction of sp³-hybridized carbons (Fsp3) is 0.375. The highest BCUT2D eigenvalue weighted by Gasteiger charge is 2.15. The third kappa shape index (κ3) is 1.80. The first-order valence-corrected chi connectivity index (χ1v) is 4.23. The predicted octanol–water partition coefficient (Wildman–Crippen LogP) is 3.40. The summed E-state index contributed by atoms with van der Waals surface area (Å²) in [6, 6.07) is 1.76. The van der Waals surface area contributed by atoms with E-state index >= 15 is 0 Å². The molecule has 1 aromatic rings. The summed E-state index contributed by atoms with van der Waals surface area (Å²) in [5.74, 6) is 0. The van der Waals surface area contributed by atoms with Crippen molar-refractivity contribution in [3.05, 3.63) is 27.5 Å². The molecule has 1 nitrogen and oxygen atoms in total. The molecule has 0 spiro atoms. The van der Waals surface area contributed by atoms with E-state index in [0.717, 1.165) is 5.56 Å². The van der Waals surface area contributed by atoms with Gasteiger partial charge in [-0.3, -0.25) is 4.98 Å². The lowest BCUT2D eigenvalue weighted by molar-refractivity contribution is 0.145. The standard InChI is InChI=1S/C8H8BrF2N/c1-4-3-5(2)12-7(6(4)9)8(10)11/h3,8H,1-2H3. The van der Waals surface area contributed by atoms with Gasteiger partial charge in [0.25, 0.3) is 6.43 Å². The lowest BCUT2D eigenvalue weighted by Gasteiger charge is -2.06. The molecular weight excluding hydrogens is 228 g/mol. The Hall–Kier alpha value is -0.510. The smallest absolute Gasteiger partial charge is 0.251 e. The zero-order chi connectivity index (χ0) is 9.30. The molecule has 0 atom stereocenters. The number of hydrogen-bond acceptors (Lipinski definition) is 1. The van der Waals surface area contributed by atoms with Gasteiger partial charge in [-0.15, -0.1) is 0 Å². The van der Waals surface area contributed by atoms with Crippen LogP contribution in [0.3, 0.4) is 0 Å². The van der Waals surface area contributed by atoms with Crippen molar-refractivity contribution in [2.75, 3.05) is 0 Å². The van der Waals surface area contributed by atoms with Crippen LogP contribution in [-0.4, -0.2) is 4.98 Å². The van der Waals surface area contributed by atoms with Gasteiger partial charge in [-0.2, -0.15) is 0 Å². The van der Waals surface area contributed by atoms with Crippen LogP contribution in [0.2, 0.25) is 0 Å². The summed E-state index contributed by atoms with van der Waals surface area (Å²) in [5.41, 5.74) is 1.23. The lowest BCUT2D eigenvalue weighted by Crippen LogP contribution is -1.96. The van der Waals surface area contributed by atoms with Crippen LogP contribution in [0.5, 0.6) is 0 Å². The van der Waals surface area contributed by atoms with Gasteiger partial charge >= 0.3 is 0 Å². The van der Waals surface area contributed by atoms with Gasteiger partial charge < -0.3 is 0 Å². The van der Waals surface area contributed by atoms with Gasteiger partial charge in [0.15, 0.2) is 0 Å². The molecule has 0 aliphatic rings. The van der Waals surface area contributed by atoms with Crippen LogP contribution in [0.25, 0.3) is 0 Å². The molecule has 0 fully saturated rings. The first-order chi connectivity index (χ1) is 5.52. The summed E-state index contributed by atoms with van der Waals surface area (Å²) in [4.78, 5) is 3.74. The molecule has 0 radical (unpaired) electrons. The Kier molecular flexibility index (Phi) is 2.77. The van der Waals surface area contributed by atoms with Crippen molar-refractivity contribution in [1.82, 2.24) is 4.98 Å². The van der Waals surface area contributed by atoms with Crippen LogP contribution < -0.4 is 0 Å². The van der Waals surface area contributed by atoms with Crippen molar-refractivity contribution in [3.63, 3.8) is 0 Å². The lowest BCUT2D eigenvalue weighted by atomic mass is 10.2. The van der Waals surface area contributed by atoms with Gasteiger partial charge in [0, 0.05) is 10.2 Å². The molecule has 1 heterocycles. The van der Waals surface area contributed by atoms with Gasteiger partial charge in [0.2, 0.25) is 0 Å². The fourth-order valence-corrected chi connectivity index (χ4v) is 1.37. The van der Waals surface area contributed by atoms with Crippen molar-refractivity contribution in [3.8, 4) is 0 Å². The van der Waals surface area contributed by atoms with Gasteiger partial charge in [-0.25, -0.2) is 8.78 Å². The first-order valence-electron chi connectivity index (χ1n) is 3.44. The van der Waals surface area contributed by atoms with E-state index in [1.807, 2.05) is 0 Å². The summed E-state index contributed by atoms with van der Waals surface area (Å²) in [7, 11) is 0. The number of halogens is 3. The molecule has 0 unspecified atom stereocenters. The van der Waals surface area contributed by atoms with Crippen molar-refractivity contribution in [2.45, 2.75) is 20.3 Å². The third-order valence-corrected chi connectivity index (χ3v) is 2.53. The van der Waals surface area contributed by atoms with Crippen LogP contribution in [0, 0.1) is 13.8 Å². The Balaban J connectivity index is 3.28. The quantitative estimate of drug-likeness (QED) is 0.728. The highest BCUT2D eigenvalue weighted by atomic mass is 79.9. The molecule has 0 N–H and O–H groups in total. The minimum Gasteiger partial charge on any atom is -0.251 e. The number of aryl methyl sites for hydroxylation is 2. The first kappa shape index (κ1) is 9.58. The average Bonchev–Trinajstić information content (AvgIpc) is 1.96. The Morgan fingerprint density at radius 2 is 2.00 bits per heavy atom. The summed E-state index contributed by atoms with van der Waals surface area (Å²) in [5, 5.41) is 0. The molecule has 1 rings (SSSR count). The maximum atomic E-state index is 12.3. The van der Waals surface area contributed by atoms with Gasteiger partial charge in [0.1, 0.15) is 5.69 Å². The monoisotopic (exact) mass is 235 g/mol. The molecule has 0 amide bonds. The zero-order valence-corrected chi connectivity index (χ0v) is 8.32. The molecule has 0 aromatic carbocycles. The number of pyridine rings is 1. The molecule has 66 valence electrons. The second kappa shape index (κ2) is 3.47. The topological polar surface area (TPSA) is 12.9 Å². The average molecular weight is 236 g/mol. The van der Waals surface area contributed by atoms with E-state index in [0.29, 0.717) is 10.2 Å². The molecule has 4 heteroatoms.